The van der Waals surface area contributed by atoms with E-state index in [2.05, 4.69) is 94.4 Å². The molecule has 0 fully saturated rings. The van der Waals surface area contributed by atoms with Gasteiger partial charge in [0.05, 0.1) is 11.7 Å². The first-order valence-electron chi connectivity index (χ1n) is 33.4. The lowest BCUT2D eigenvalue weighted by Crippen LogP contribution is -2.41. The Balaban J connectivity index is 4.41. The van der Waals surface area contributed by atoms with E-state index in [1.807, 2.05) is 0 Å². The molecule has 0 rings (SSSR count). The second-order valence-electron chi connectivity index (χ2n) is 26.2. The van der Waals surface area contributed by atoms with Gasteiger partial charge in [0.25, 0.3) is 0 Å². The Bertz CT molecular complexity index is 1130. The summed E-state index contributed by atoms with van der Waals surface area (Å²) in [5, 5.41) is 12.0. The molecule has 0 aromatic heterocycles. The Labute approximate surface area is 456 Å². The van der Waals surface area contributed by atoms with Gasteiger partial charge in [0.15, 0.2) is 0 Å². The molecule has 0 radical (unpaired) electrons. The average Bonchev–Trinajstić information content (AvgIpc) is 3.32. The van der Waals surface area contributed by atoms with Crippen LogP contribution in [0, 0.1) is 35.5 Å². The van der Waals surface area contributed by atoms with E-state index in [1.54, 1.807) is 0 Å². The molecule has 0 heterocycles. The molecular formula is C70H138O2. The van der Waals surface area contributed by atoms with Crippen molar-refractivity contribution in [1.82, 2.24) is 0 Å². The highest BCUT2D eigenvalue weighted by Crippen LogP contribution is 2.29. The van der Waals surface area contributed by atoms with Crippen LogP contribution in [0.25, 0.3) is 0 Å². The second kappa shape index (κ2) is 52.5. The zero-order valence-electron chi connectivity index (χ0n) is 51.9. The minimum Gasteiger partial charge on any atom is -0.387 e. The van der Waals surface area contributed by atoms with Gasteiger partial charge < -0.3 is 9.84 Å². The van der Waals surface area contributed by atoms with Crippen LogP contribution in [-0.2, 0) is 4.74 Å². The molecule has 0 aliphatic carbocycles. The molecule has 0 aliphatic heterocycles. The lowest BCUT2D eigenvalue weighted by atomic mass is 9.86. The fraction of sp³-hybridized carbons (Fsp3) is 0.943. The number of rotatable bonds is 57. The topological polar surface area (TPSA) is 29.5 Å². The predicted octanol–water partition coefficient (Wildman–Crippen LogP) is 24.4. The third-order valence-electron chi connectivity index (χ3n) is 17.0. The van der Waals surface area contributed by atoms with Crippen LogP contribution >= 0.6 is 0 Å². The van der Waals surface area contributed by atoms with E-state index in [9.17, 15) is 5.11 Å². The van der Waals surface area contributed by atoms with Crippen LogP contribution in [0.1, 0.15) is 372 Å². The molecule has 0 saturated heterocycles. The van der Waals surface area contributed by atoms with Gasteiger partial charge in [0.1, 0.15) is 0 Å². The van der Waals surface area contributed by atoms with Gasteiger partial charge in [-0.25, -0.2) is 0 Å². The van der Waals surface area contributed by atoms with E-state index in [4.69, 9.17) is 4.74 Å². The Morgan fingerprint density at radius 1 is 0.389 bits per heavy atom. The van der Waals surface area contributed by atoms with Crippen molar-refractivity contribution in [2.45, 2.75) is 383 Å². The van der Waals surface area contributed by atoms with Crippen molar-refractivity contribution in [3.05, 3.63) is 23.8 Å². The standard InChI is InChI=1S/C70H138O2/c1-12-13-14-15-16-17-18-19-20-21-22-23-24-25-26-27-28-29-30-31-32-33-34-35-36-37-38-39-61-72-69(70(11,71)60-46-58-68(10)56-44-52-65(7)50-41-48-63(4)5)59-45-57-67(9)55-43-54-66(8)53-42-51-64(6)49-40-47-62(2)3/h19-20,57,62-66,68-69,71H,12-18,21-56,58-61H2,1-11H3/b20-19+,67-57+/t64-,65-,66-,68-,69-,70-/m1/s1. The number of ether oxygens (including phenoxy) is 1. The minimum atomic E-state index is -0.766. The van der Waals surface area contributed by atoms with Crippen molar-refractivity contribution >= 4 is 0 Å². The van der Waals surface area contributed by atoms with Gasteiger partial charge in [-0.3, -0.25) is 0 Å². The van der Waals surface area contributed by atoms with E-state index in [0.29, 0.717) is 0 Å². The van der Waals surface area contributed by atoms with Crippen LogP contribution in [-0.4, -0.2) is 23.4 Å². The molecule has 72 heavy (non-hydrogen) atoms. The Kier molecular flexibility index (Phi) is 52.0. The molecule has 0 unspecified atom stereocenters. The van der Waals surface area contributed by atoms with Gasteiger partial charge in [-0.15, -0.1) is 0 Å². The van der Waals surface area contributed by atoms with Crippen LogP contribution < -0.4 is 0 Å². The van der Waals surface area contributed by atoms with Crippen molar-refractivity contribution in [3.63, 3.8) is 0 Å². The number of unbranched alkanes of at least 4 members (excludes halogenated alkanes) is 24. The first-order chi connectivity index (χ1) is 34.8. The maximum absolute atomic E-state index is 12.0. The molecule has 0 aliphatic rings. The van der Waals surface area contributed by atoms with Crippen molar-refractivity contribution in [2.75, 3.05) is 6.61 Å². The van der Waals surface area contributed by atoms with Gasteiger partial charge in [-0.2, -0.15) is 0 Å². The van der Waals surface area contributed by atoms with Crippen LogP contribution in [0.4, 0.5) is 0 Å². The summed E-state index contributed by atoms with van der Waals surface area (Å²) in [5.74, 6) is 4.99. The van der Waals surface area contributed by atoms with Crippen molar-refractivity contribution < 1.29 is 9.84 Å². The van der Waals surface area contributed by atoms with E-state index in [1.165, 1.54) is 269 Å². The molecule has 0 bridgehead atoms. The summed E-state index contributed by atoms with van der Waals surface area (Å²) in [6.07, 6.45) is 69.1. The Hall–Kier alpha value is -0.600. The van der Waals surface area contributed by atoms with Gasteiger partial charge in [-0.1, -0.05) is 317 Å². The average molecular weight is 1010 g/mol. The van der Waals surface area contributed by atoms with Crippen molar-refractivity contribution in [1.29, 1.82) is 0 Å². The number of aliphatic hydroxyl groups is 1. The minimum absolute atomic E-state index is 0.0803. The highest BCUT2D eigenvalue weighted by molar-refractivity contribution is 4.99. The molecule has 1 N–H and O–H groups in total. The first-order valence-corrected chi connectivity index (χ1v) is 33.4. The van der Waals surface area contributed by atoms with Crippen LogP contribution in [0.15, 0.2) is 23.8 Å². The lowest BCUT2D eigenvalue weighted by molar-refractivity contribution is -0.107. The molecule has 0 aromatic rings. The van der Waals surface area contributed by atoms with Gasteiger partial charge in [0, 0.05) is 6.61 Å². The monoisotopic (exact) mass is 1010 g/mol. The summed E-state index contributed by atoms with van der Waals surface area (Å²) in [6, 6.07) is 0. The van der Waals surface area contributed by atoms with Crippen LogP contribution in [0.3, 0.4) is 0 Å². The molecule has 0 amide bonds. The molecule has 0 aromatic carbocycles. The van der Waals surface area contributed by atoms with Gasteiger partial charge in [0.2, 0.25) is 0 Å². The second-order valence-corrected chi connectivity index (χ2v) is 26.2. The molecular weight excluding hydrogens is 873 g/mol. The molecule has 2 nitrogen and oxygen atoms in total. The van der Waals surface area contributed by atoms with Gasteiger partial charge in [-0.05, 0) is 114 Å². The van der Waals surface area contributed by atoms with E-state index in [-0.39, 0.29) is 6.10 Å². The predicted molar refractivity (Wildman–Crippen MR) is 328 cm³/mol. The number of allylic oxidation sites excluding steroid dienone is 4. The first kappa shape index (κ1) is 71.4. The molecule has 430 valence electrons. The lowest BCUT2D eigenvalue weighted by Gasteiger charge is -2.33. The molecule has 2 heteroatoms. The highest BCUT2D eigenvalue weighted by Gasteiger charge is 2.32. The quantitative estimate of drug-likeness (QED) is 0.0486. The van der Waals surface area contributed by atoms with Crippen LogP contribution in [0.2, 0.25) is 0 Å². The zero-order valence-corrected chi connectivity index (χ0v) is 51.9. The third kappa shape index (κ3) is 51.5. The summed E-state index contributed by atoms with van der Waals surface area (Å²) >= 11 is 0. The van der Waals surface area contributed by atoms with E-state index < -0.39 is 5.60 Å². The number of hydrogen-bond donors (Lipinski definition) is 1. The largest absolute Gasteiger partial charge is 0.387 e. The fourth-order valence-corrected chi connectivity index (χ4v) is 11.5. The Morgan fingerprint density at radius 2 is 0.722 bits per heavy atom. The van der Waals surface area contributed by atoms with Crippen molar-refractivity contribution in [2.24, 2.45) is 35.5 Å². The number of hydrogen-bond acceptors (Lipinski definition) is 2. The Morgan fingerprint density at radius 3 is 1.11 bits per heavy atom. The molecule has 6 atom stereocenters. The summed E-state index contributed by atoms with van der Waals surface area (Å²) in [7, 11) is 0. The van der Waals surface area contributed by atoms with Crippen LogP contribution in [0.5, 0.6) is 0 Å². The molecule has 0 saturated carbocycles. The van der Waals surface area contributed by atoms with E-state index >= 15 is 0 Å². The maximum atomic E-state index is 12.0. The zero-order chi connectivity index (χ0) is 53.2. The van der Waals surface area contributed by atoms with E-state index in [0.717, 1.165) is 74.2 Å². The summed E-state index contributed by atoms with van der Waals surface area (Å²) in [6.45, 7) is 26.8. The van der Waals surface area contributed by atoms with Crippen molar-refractivity contribution in [3.8, 4) is 0 Å². The van der Waals surface area contributed by atoms with Gasteiger partial charge >= 0.3 is 0 Å². The maximum Gasteiger partial charge on any atom is 0.0880 e. The summed E-state index contributed by atoms with van der Waals surface area (Å²) in [5.41, 5.74) is 0.763. The summed E-state index contributed by atoms with van der Waals surface area (Å²) < 4.78 is 6.66. The SMILES string of the molecule is CCCCCCCC/C=C/CCCCCCCCCCCCCCCCCCCCO[C@H](CC/C=C(\C)CCC[C@H](C)CCC[C@H](C)CCCC(C)C)[C@](C)(O)CCC[C@H](C)CCC[C@H](C)CCCC(C)C. The summed E-state index contributed by atoms with van der Waals surface area (Å²) in [4.78, 5) is 0. The normalized spacial score (nSPS) is 15.5. The molecule has 0 spiro atoms. The third-order valence-corrected chi connectivity index (χ3v) is 17.0. The smallest absolute Gasteiger partial charge is 0.0880 e. The fourth-order valence-electron chi connectivity index (χ4n) is 11.5. The highest BCUT2D eigenvalue weighted by atomic mass is 16.5.